The van der Waals surface area contributed by atoms with Gasteiger partial charge in [0.25, 0.3) is 0 Å². The highest BCUT2D eigenvalue weighted by molar-refractivity contribution is 7.98. The van der Waals surface area contributed by atoms with Crippen molar-refractivity contribution >= 4 is 11.8 Å². The van der Waals surface area contributed by atoms with E-state index in [0.29, 0.717) is 0 Å². The average Bonchev–Trinajstić information content (AvgIpc) is 2.90. The van der Waals surface area contributed by atoms with Gasteiger partial charge in [-0.15, -0.1) is 0 Å². The zero-order chi connectivity index (χ0) is 13.6. The minimum absolute atomic E-state index is 0.0771. The van der Waals surface area contributed by atoms with Gasteiger partial charge in [0.05, 0.1) is 11.2 Å². The van der Waals surface area contributed by atoms with Crippen LogP contribution in [0.4, 0.5) is 0 Å². The molecule has 0 spiro atoms. The van der Waals surface area contributed by atoms with Gasteiger partial charge in [-0.1, -0.05) is 25.4 Å². The summed E-state index contributed by atoms with van der Waals surface area (Å²) in [4.78, 5) is 4.66. The molecule has 1 aromatic rings. The molecule has 2 heterocycles. The standard InChI is InChI=1S/C14H25N3OS/c1-3-6-14(7-5-8-15-11-14)13-16-12(17-18-13)10-19-9-4-2/h15H,3-11H2,1-2H3. The predicted molar refractivity (Wildman–Crippen MR) is 79.4 cm³/mol. The Bertz CT molecular complexity index is 369. The van der Waals surface area contributed by atoms with Crippen LogP contribution in [0.2, 0.25) is 0 Å². The first-order valence-electron chi connectivity index (χ1n) is 7.42. The summed E-state index contributed by atoms with van der Waals surface area (Å²) in [5.74, 6) is 3.74. The van der Waals surface area contributed by atoms with E-state index in [4.69, 9.17) is 4.52 Å². The van der Waals surface area contributed by atoms with Crippen LogP contribution in [0.1, 0.15) is 57.7 Å². The molecule has 19 heavy (non-hydrogen) atoms. The van der Waals surface area contributed by atoms with Crippen LogP contribution in [0, 0.1) is 0 Å². The lowest BCUT2D eigenvalue weighted by atomic mass is 9.77. The third-order valence-corrected chi connectivity index (χ3v) is 4.86. The molecule has 5 heteroatoms. The van der Waals surface area contributed by atoms with Gasteiger partial charge in [0, 0.05) is 6.54 Å². The van der Waals surface area contributed by atoms with E-state index in [-0.39, 0.29) is 5.41 Å². The molecule has 1 fully saturated rings. The minimum Gasteiger partial charge on any atom is -0.339 e. The predicted octanol–water partition coefficient (Wildman–Crippen LogP) is 3.13. The first kappa shape index (κ1) is 14.9. The van der Waals surface area contributed by atoms with Crippen molar-refractivity contribution in [1.82, 2.24) is 15.5 Å². The summed E-state index contributed by atoms with van der Waals surface area (Å²) in [6.45, 7) is 6.51. The molecule has 0 amide bonds. The van der Waals surface area contributed by atoms with Gasteiger partial charge in [-0.3, -0.25) is 0 Å². The van der Waals surface area contributed by atoms with Gasteiger partial charge in [-0.25, -0.2) is 0 Å². The van der Waals surface area contributed by atoms with Crippen molar-refractivity contribution in [2.75, 3.05) is 18.8 Å². The molecular formula is C14H25N3OS. The Morgan fingerprint density at radius 3 is 2.95 bits per heavy atom. The fraction of sp³-hybridized carbons (Fsp3) is 0.857. The molecule has 1 unspecified atom stereocenters. The summed E-state index contributed by atoms with van der Waals surface area (Å²) < 4.78 is 5.58. The fourth-order valence-corrected chi connectivity index (χ4v) is 3.52. The minimum atomic E-state index is 0.0771. The average molecular weight is 283 g/mol. The van der Waals surface area contributed by atoms with Crippen molar-refractivity contribution in [2.45, 2.75) is 57.1 Å². The lowest BCUT2D eigenvalue weighted by Gasteiger charge is -2.34. The first-order chi connectivity index (χ1) is 9.30. The number of hydrogen-bond donors (Lipinski definition) is 1. The summed E-state index contributed by atoms with van der Waals surface area (Å²) in [6, 6.07) is 0. The first-order valence-corrected chi connectivity index (χ1v) is 8.58. The van der Waals surface area contributed by atoms with Crippen molar-refractivity contribution in [3.8, 4) is 0 Å². The van der Waals surface area contributed by atoms with Crippen molar-refractivity contribution in [2.24, 2.45) is 0 Å². The van der Waals surface area contributed by atoms with Gasteiger partial charge in [0.2, 0.25) is 5.89 Å². The van der Waals surface area contributed by atoms with E-state index >= 15 is 0 Å². The number of nitrogens with one attached hydrogen (secondary N) is 1. The number of piperidine rings is 1. The molecule has 1 aliphatic rings. The highest BCUT2D eigenvalue weighted by Gasteiger charge is 2.38. The number of rotatable bonds is 7. The lowest BCUT2D eigenvalue weighted by Crippen LogP contribution is -2.43. The molecule has 108 valence electrons. The van der Waals surface area contributed by atoms with Gasteiger partial charge < -0.3 is 9.84 Å². The third-order valence-electron chi connectivity index (χ3n) is 3.70. The van der Waals surface area contributed by atoms with Gasteiger partial charge >= 0.3 is 0 Å². The molecule has 0 bridgehead atoms. The largest absolute Gasteiger partial charge is 0.339 e. The third kappa shape index (κ3) is 3.72. The van der Waals surface area contributed by atoms with Crippen molar-refractivity contribution < 1.29 is 4.52 Å². The highest BCUT2D eigenvalue weighted by atomic mass is 32.2. The molecule has 0 saturated carbocycles. The van der Waals surface area contributed by atoms with E-state index in [1.807, 2.05) is 11.8 Å². The molecule has 2 rings (SSSR count). The summed E-state index contributed by atoms with van der Waals surface area (Å²) in [7, 11) is 0. The molecule has 1 aromatic heterocycles. The Morgan fingerprint density at radius 1 is 1.37 bits per heavy atom. The van der Waals surface area contributed by atoms with Crippen LogP contribution in [0.25, 0.3) is 0 Å². The summed E-state index contributed by atoms with van der Waals surface area (Å²) in [5, 5.41) is 7.64. The van der Waals surface area contributed by atoms with Crippen LogP contribution in [-0.2, 0) is 11.2 Å². The Kier molecular flexibility index (Phi) is 5.70. The second-order valence-electron chi connectivity index (χ2n) is 5.38. The number of hydrogen-bond acceptors (Lipinski definition) is 5. The van der Waals surface area contributed by atoms with Crippen molar-refractivity contribution in [1.29, 1.82) is 0 Å². The number of aromatic nitrogens is 2. The van der Waals surface area contributed by atoms with E-state index < -0.39 is 0 Å². The molecule has 1 saturated heterocycles. The SMILES string of the molecule is CCCSCc1noc(C2(CCC)CCCNC2)n1. The zero-order valence-electron chi connectivity index (χ0n) is 12.1. The fourth-order valence-electron chi connectivity index (χ4n) is 2.79. The molecule has 0 aromatic carbocycles. The second-order valence-corrected chi connectivity index (χ2v) is 6.48. The van der Waals surface area contributed by atoms with Crippen LogP contribution >= 0.6 is 11.8 Å². The van der Waals surface area contributed by atoms with E-state index in [0.717, 1.165) is 55.6 Å². The van der Waals surface area contributed by atoms with E-state index in [1.54, 1.807) is 0 Å². The lowest BCUT2D eigenvalue weighted by molar-refractivity contribution is 0.213. The van der Waals surface area contributed by atoms with Crippen LogP contribution < -0.4 is 5.32 Å². The zero-order valence-corrected chi connectivity index (χ0v) is 12.9. The van der Waals surface area contributed by atoms with Gasteiger partial charge in [-0.2, -0.15) is 16.7 Å². The number of nitrogens with zero attached hydrogens (tertiary/aromatic N) is 2. The van der Waals surface area contributed by atoms with Crippen LogP contribution in [-0.4, -0.2) is 29.0 Å². The van der Waals surface area contributed by atoms with Crippen molar-refractivity contribution in [3.05, 3.63) is 11.7 Å². The maximum atomic E-state index is 5.58. The smallest absolute Gasteiger partial charge is 0.234 e. The summed E-state index contributed by atoms with van der Waals surface area (Å²) in [5.41, 5.74) is 0.0771. The maximum absolute atomic E-state index is 5.58. The molecule has 1 N–H and O–H groups in total. The Balaban J connectivity index is 2.04. The van der Waals surface area contributed by atoms with Gasteiger partial charge in [-0.05, 0) is 38.0 Å². The quantitative estimate of drug-likeness (QED) is 0.779. The number of thioether (sulfide) groups is 1. The Hall–Kier alpha value is -0.550. The van der Waals surface area contributed by atoms with Gasteiger partial charge in [0.1, 0.15) is 0 Å². The van der Waals surface area contributed by atoms with E-state index in [9.17, 15) is 0 Å². The van der Waals surface area contributed by atoms with Crippen LogP contribution in [0.15, 0.2) is 4.52 Å². The maximum Gasteiger partial charge on any atom is 0.234 e. The van der Waals surface area contributed by atoms with Gasteiger partial charge in [0.15, 0.2) is 5.82 Å². The van der Waals surface area contributed by atoms with Crippen LogP contribution in [0.3, 0.4) is 0 Å². The van der Waals surface area contributed by atoms with E-state index in [2.05, 4.69) is 29.3 Å². The van der Waals surface area contributed by atoms with Crippen LogP contribution in [0.5, 0.6) is 0 Å². The Labute approximate surface area is 120 Å². The molecule has 1 atom stereocenters. The normalized spacial score (nSPS) is 23.7. The van der Waals surface area contributed by atoms with E-state index in [1.165, 1.54) is 12.8 Å². The monoisotopic (exact) mass is 283 g/mol. The molecule has 1 aliphatic heterocycles. The molecule has 0 aliphatic carbocycles. The summed E-state index contributed by atoms with van der Waals surface area (Å²) >= 11 is 1.88. The summed E-state index contributed by atoms with van der Waals surface area (Å²) in [6.07, 6.45) is 5.84. The second kappa shape index (κ2) is 7.29. The highest BCUT2D eigenvalue weighted by Crippen LogP contribution is 2.34. The molecule has 0 radical (unpaired) electrons. The molecule has 4 nitrogen and oxygen atoms in total. The Morgan fingerprint density at radius 2 is 2.26 bits per heavy atom. The molecular weight excluding hydrogens is 258 g/mol. The topological polar surface area (TPSA) is 51.0 Å². The van der Waals surface area contributed by atoms with Crippen molar-refractivity contribution in [3.63, 3.8) is 0 Å².